The van der Waals surface area contributed by atoms with Crippen LogP contribution in [-0.4, -0.2) is 31.7 Å². The molecule has 1 aliphatic rings. The number of nitrogens with zero attached hydrogens (tertiary/aromatic N) is 1. The Morgan fingerprint density at radius 3 is 2.41 bits per heavy atom. The Balaban J connectivity index is 1.48. The molecule has 29 heavy (non-hydrogen) atoms. The first-order valence-corrected chi connectivity index (χ1v) is 11.3. The molecule has 3 aromatic rings. The van der Waals surface area contributed by atoms with Crippen LogP contribution in [0.25, 0.3) is 10.8 Å². The average Bonchev–Trinajstić information content (AvgIpc) is 2.78. The van der Waals surface area contributed by atoms with Gasteiger partial charge in [-0.05, 0) is 53.4 Å². The van der Waals surface area contributed by atoms with E-state index in [-0.39, 0.29) is 10.8 Å². The van der Waals surface area contributed by atoms with Gasteiger partial charge >= 0.3 is 0 Å². The Morgan fingerprint density at radius 1 is 0.862 bits per heavy atom. The number of hydrogen-bond acceptors (Lipinski definition) is 3. The van der Waals surface area contributed by atoms with Gasteiger partial charge in [0.2, 0.25) is 10.0 Å². The zero-order valence-corrected chi connectivity index (χ0v) is 17.0. The second-order valence-electron chi connectivity index (χ2n) is 7.36. The highest BCUT2D eigenvalue weighted by atomic mass is 32.2. The highest BCUT2D eigenvalue weighted by molar-refractivity contribution is 7.89. The number of fused-ring (bicyclic) bond motifs is 1. The van der Waals surface area contributed by atoms with E-state index in [1.54, 1.807) is 18.2 Å². The molecule has 1 amide bonds. The first-order chi connectivity index (χ1) is 14.0. The first-order valence-electron chi connectivity index (χ1n) is 9.90. The van der Waals surface area contributed by atoms with Crippen molar-refractivity contribution < 1.29 is 13.2 Å². The number of hydrogen-bond donors (Lipinski definition) is 1. The van der Waals surface area contributed by atoms with Crippen molar-refractivity contribution in [3.05, 3.63) is 77.9 Å². The van der Waals surface area contributed by atoms with Crippen molar-refractivity contribution in [2.75, 3.05) is 13.1 Å². The summed E-state index contributed by atoms with van der Waals surface area (Å²) in [6.07, 6.45) is 2.82. The van der Waals surface area contributed by atoms with Crippen molar-refractivity contribution in [1.29, 1.82) is 0 Å². The smallest absolute Gasteiger partial charge is 0.251 e. The largest absolute Gasteiger partial charge is 0.348 e. The summed E-state index contributed by atoms with van der Waals surface area (Å²) in [5, 5.41) is 5.16. The summed E-state index contributed by atoms with van der Waals surface area (Å²) >= 11 is 0. The van der Waals surface area contributed by atoms with Crippen LogP contribution < -0.4 is 5.32 Å². The number of carbonyl (C=O) groups excluding carboxylic acids is 1. The number of carbonyl (C=O) groups is 1. The highest BCUT2D eigenvalue weighted by Gasteiger charge is 2.26. The highest BCUT2D eigenvalue weighted by Crippen LogP contribution is 2.21. The third kappa shape index (κ3) is 4.33. The van der Waals surface area contributed by atoms with E-state index < -0.39 is 10.0 Å². The fourth-order valence-electron chi connectivity index (χ4n) is 3.69. The molecule has 3 aromatic carbocycles. The van der Waals surface area contributed by atoms with E-state index in [0.29, 0.717) is 25.2 Å². The Labute approximate surface area is 171 Å². The predicted molar refractivity (Wildman–Crippen MR) is 114 cm³/mol. The van der Waals surface area contributed by atoms with Gasteiger partial charge in [0.05, 0.1) is 4.90 Å². The van der Waals surface area contributed by atoms with Gasteiger partial charge < -0.3 is 5.32 Å². The lowest BCUT2D eigenvalue weighted by Gasteiger charge is -2.26. The van der Waals surface area contributed by atoms with E-state index in [0.717, 1.165) is 35.6 Å². The van der Waals surface area contributed by atoms with E-state index in [9.17, 15) is 13.2 Å². The zero-order valence-electron chi connectivity index (χ0n) is 16.2. The van der Waals surface area contributed by atoms with Crippen molar-refractivity contribution in [3.63, 3.8) is 0 Å². The number of nitrogens with one attached hydrogen (secondary N) is 1. The minimum absolute atomic E-state index is 0.178. The van der Waals surface area contributed by atoms with Gasteiger partial charge in [-0.1, -0.05) is 48.9 Å². The molecule has 5 nitrogen and oxygen atoms in total. The topological polar surface area (TPSA) is 66.5 Å². The summed E-state index contributed by atoms with van der Waals surface area (Å²) < 4.78 is 27.2. The molecule has 1 fully saturated rings. The molecule has 0 atom stereocenters. The molecule has 150 valence electrons. The molecule has 1 N–H and O–H groups in total. The maximum atomic E-state index is 12.9. The first kappa shape index (κ1) is 19.6. The molecule has 1 heterocycles. The molecule has 6 heteroatoms. The lowest BCUT2D eigenvalue weighted by Crippen LogP contribution is -2.35. The van der Waals surface area contributed by atoms with E-state index in [2.05, 4.69) is 5.32 Å². The molecule has 0 aliphatic carbocycles. The quantitative estimate of drug-likeness (QED) is 0.695. The molecule has 4 rings (SSSR count). The molecule has 0 saturated carbocycles. The SMILES string of the molecule is O=C(NCc1ccc2ccccc2c1)c1cccc(S(=O)(=O)N2CCCCC2)c1. The van der Waals surface area contributed by atoms with Crippen molar-refractivity contribution in [1.82, 2.24) is 9.62 Å². The monoisotopic (exact) mass is 408 g/mol. The third-order valence-corrected chi connectivity index (χ3v) is 7.21. The van der Waals surface area contributed by atoms with Crippen LogP contribution in [0.4, 0.5) is 0 Å². The normalized spacial score (nSPS) is 15.3. The van der Waals surface area contributed by atoms with Crippen LogP contribution in [0.1, 0.15) is 35.2 Å². The van der Waals surface area contributed by atoms with E-state index in [1.807, 2.05) is 42.5 Å². The second kappa shape index (κ2) is 8.35. The molecule has 1 aliphatic heterocycles. The number of sulfonamides is 1. The Kier molecular flexibility index (Phi) is 5.65. The van der Waals surface area contributed by atoms with Gasteiger partial charge in [0, 0.05) is 25.2 Å². The Hall–Kier alpha value is -2.70. The van der Waals surface area contributed by atoms with E-state index in [4.69, 9.17) is 0 Å². The van der Waals surface area contributed by atoms with Crippen LogP contribution >= 0.6 is 0 Å². The van der Waals surface area contributed by atoms with Crippen LogP contribution in [0.2, 0.25) is 0 Å². The van der Waals surface area contributed by atoms with Gasteiger partial charge in [-0.15, -0.1) is 0 Å². The lowest BCUT2D eigenvalue weighted by atomic mass is 10.1. The van der Waals surface area contributed by atoms with Crippen molar-refractivity contribution in [2.24, 2.45) is 0 Å². The number of amides is 1. The maximum absolute atomic E-state index is 12.9. The fraction of sp³-hybridized carbons (Fsp3) is 0.261. The van der Waals surface area contributed by atoms with Crippen LogP contribution in [0, 0.1) is 0 Å². The number of rotatable bonds is 5. The van der Waals surface area contributed by atoms with Crippen molar-refractivity contribution in [3.8, 4) is 0 Å². The van der Waals surface area contributed by atoms with Crippen LogP contribution in [-0.2, 0) is 16.6 Å². The minimum Gasteiger partial charge on any atom is -0.348 e. The minimum atomic E-state index is -3.56. The fourth-order valence-corrected chi connectivity index (χ4v) is 5.25. The van der Waals surface area contributed by atoms with E-state index >= 15 is 0 Å². The Morgan fingerprint density at radius 2 is 1.62 bits per heavy atom. The molecular formula is C23H24N2O3S. The summed E-state index contributed by atoms with van der Waals surface area (Å²) in [7, 11) is -3.56. The molecule has 0 aromatic heterocycles. The summed E-state index contributed by atoms with van der Waals surface area (Å²) in [6.45, 7) is 1.47. The van der Waals surface area contributed by atoms with Crippen LogP contribution in [0.15, 0.2) is 71.6 Å². The van der Waals surface area contributed by atoms with Crippen molar-refractivity contribution >= 4 is 26.7 Å². The molecule has 0 radical (unpaired) electrons. The summed E-state index contributed by atoms with van der Waals surface area (Å²) in [5.74, 6) is -0.283. The summed E-state index contributed by atoms with van der Waals surface area (Å²) in [4.78, 5) is 12.8. The molecule has 0 unspecified atom stereocenters. The summed E-state index contributed by atoms with van der Waals surface area (Å²) in [6, 6.07) is 20.4. The molecule has 0 bridgehead atoms. The van der Waals surface area contributed by atoms with Crippen LogP contribution in [0.3, 0.4) is 0 Å². The average molecular weight is 409 g/mol. The zero-order chi connectivity index (χ0) is 20.3. The molecule has 0 spiro atoms. The van der Waals surface area contributed by atoms with E-state index in [1.165, 1.54) is 10.4 Å². The van der Waals surface area contributed by atoms with Gasteiger partial charge in [-0.25, -0.2) is 8.42 Å². The lowest BCUT2D eigenvalue weighted by molar-refractivity contribution is 0.0950. The van der Waals surface area contributed by atoms with Gasteiger partial charge in [0.25, 0.3) is 5.91 Å². The van der Waals surface area contributed by atoms with Gasteiger partial charge in [-0.3, -0.25) is 4.79 Å². The standard InChI is InChI=1S/C23H24N2O3S/c26-23(24-17-18-11-12-19-7-2-3-8-20(19)15-18)21-9-6-10-22(16-21)29(27,28)25-13-4-1-5-14-25/h2-3,6-12,15-16H,1,4-5,13-14,17H2,(H,24,26). The maximum Gasteiger partial charge on any atom is 0.251 e. The number of benzene rings is 3. The van der Waals surface area contributed by atoms with Gasteiger partial charge in [-0.2, -0.15) is 4.31 Å². The van der Waals surface area contributed by atoms with Crippen molar-refractivity contribution in [2.45, 2.75) is 30.7 Å². The second-order valence-corrected chi connectivity index (χ2v) is 9.29. The van der Waals surface area contributed by atoms with Gasteiger partial charge in [0.1, 0.15) is 0 Å². The summed E-state index contributed by atoms with van der Waals surface area (Å²) in [5.41, 5.74) is 1.35. The van der Waals surface area contributed by atoms with Gasteiger partial charge in [0.15, 0.2) is 0 Å². The third-order valence-electron chi connectivity index (χ3n) is 5.32. The Bertz CT molecular complexity index is 1140. The molecule has 1 saturated heterocycles. The predicted octanol–water partition coefficient (Wildman–Crippen LogP) is 3.94. The molecular weight excluding hydrogens is 384 g/mol. The number of piperidine rings is 1. The van der Waals surface area contributed by atoms with Crippen LogP contribution in [0.5, 0.6) is 0 Å².